The van der Waals surface area contributed by atoms with E-state index in [4.69, 9.17) is 9.84 Å². The predicted octanol–water partition coefficient (Wildman–Crippen LogP) is 5.92. The topological polar surface area (TPSA) is 49.7 Å². The van der Waals surface area contributed by atoms with Gasteiger partial charge in [-0.05, 0) is 139 Å². The molecule has 0 bridgehead atoms. The number of aryl methyl sites for hydroxylation is 1. The molecule has 0 aromatic heterocycles. The molecule has 0 aliphatic carbocycles. The Hall–Kier alpha value is 0.920. The molecular weight excluding hydrogens is 748 g/mol. The third-order valence-corrected chi connectivity index (χ3v) is 6.39. The number of hydrogen-bond donors (Lipinski definition) is 2. The number of halogens is 4. The normalized spacial score (nSPS) is 10.8. The van der Waals surface area contributed by atoms with Crippen LogP contribution in [0.5, 0.6) is 17.2 Å². The summed E-state index contributed by atoms with van der Waals surface area (Å²) in [5.41, 5.74) is 1.26. The first-order valence-electron chi connectivity index (χ1n) is 6.87. The van der Waals surface area contributed by atoms with Gasteiger partial charge in [-0.1, -0.05) is 0 Å². The van der Waals surface area contributed by atoms with Crippen molar-refractivity contribution < 1.29 is 14.9 Å². The van der Waals surface area contributed by atoms with Crippen LogP contribution in [0.15, 0.2) is 24.3 Å². The predicted molar refractivity (Wildman–Crippen MR) is 126 cm³/mol. The lowest BCUT2D eigenvalue weighted by Gasteiger charge is -2.13. The number of unbranched alkanes of at least 4 members (excludes halogenated alkanes) is 1. The van der Waals surface area contributed by atoms with Crippen molar-refractivity contribution in [3.8, 4) is 17.2 Å². The van der Waals surface area contributed by atoms with Gasteiger partial charge in [-0.15, -0.1) is 0 Å². The molecule has 0 saturated heterocycles. The molecule has 2 aromatic carbocycles. The lowest BCUT2D eigenvalue weighted by Crippen LogP contribution is -1.96. The maximum Gasteiger partial charge on any atom is 0.154 e. The van der Waals surface area contributed by atoms with E-state index in [0.29, 0.717) is 5.75 Å². The Kier molecular flexibility index (Phi) is 8.42. The molecule has 2 N–H and O–H groups in total. The lowest BCUT2D eigenvalue weighted by molar-refractivity contribution is 0.284. The Labute approximate surface area is 190 Å². The van der Waals surface area contributed by atoms with Crippen LogP contribution in [0.25, 0.3) is 0 Å². The van der Waals surface area contributed by atoms with E-state index < -0.39 is 0 Å². The molecule has 0 aliphatic heterocycles. The maximum atomic E-state index is 9.85. The quantitative estimate of drug-likeness (QED) is 0.284. The third kappa shape index (κ3) is 5.71. The van der Waals surface area contributed by atoms with Crippen LogP contribution in [0.2, 0.25) is 0 Å². The molecule has 3 nitrogen and oxygen atoms in total. The first-order chi connectivity index (χ1) is 10.9. The van der Waals surface area contributed by atoms with Crippen LogP contribution in [-0.4, -0.2) is 16.8 Å². The highest BCUT2D eigenvalue weighted by atomic mass is 127. The SMILES string of the molecule is OCCCCc1cc(I)c(Oc2cc(I)c(O)c(I)c2)c(I)c1. The standard InChI is InChI=1S/C16H14I4O3/c17-11-7-10(8-12(18)15(11)22)23-16-13(19)5-9(6-14(16)20)3-1-2-4-21/h5-8,21-22H,1-4H2. The number of aromatic hydroxyl groups is 1. The van der Waals surface area contributed by atoms with Crippen molar-refractivity contribution in [3.05, 3.63) is 44.1 Å². The number of benzene rings is 2. The van der Waals surface area contributed by atoms with Crippen molar-refractivity contribution in [2.45, 2.75) is 19.3 Å². The largest absolute Gasteiger partial charge is 0.506 e. The molecular formula is C16H14I4O3. The summed E-state index contributed by atoms with van der Waals surface area (Å²) in [6, 6.07) is 7.93. The summed E-state index contributed by atoms with van der Waals surface area (Å²) in [5, 5.41) is 18.7. The molecule has 7 heteroatoms. The highest BCUT2D eigenvalue weighted by Gasteiger charge is 2.13. The second-order valence-corrected chi connectivity index (χ2v) is 9.56. The molecule has 0 aliphatic rings. The Morgan fingerprint density at radius 2 is 1.39 bits per heavy atom. The van der Waals surface area contributed by atoms with E-state index in [0.717, 1.165) is 45.0 Å². The van der Waals surface area contributed by atoms with E-state index in [9.17, 15) is 5.11 Å². The number of phenolic OH excluding ortho intramolecular Hbond substituents is 1. The highest BCUT2D eigenvalue weighted by molar-refractivity contribution is 14.1. The van der Waals surface area contributed by atoms with E-state index in [2.05, 4.69) is 102 Å². The van der Waals surface area contributed by atoms with E-state index in [1.807, 2.05) is 12.1 Å². The number of phenols is 1. The Bertz CT molecular complexity index is 658. The van der Waals surface area contributed by atoms with E-state index >= 15 is 0 Å². The Balaban J connectivity index is 2.23. The van der Waals surface area contributed by atoms with Crippen molar-refractivity contribution in [3.63, 3.8) is 0 Å². The van der Waals surface area contributed by atoms with E-state index in [1.54, 1.807) is 0 Å². The van der Waals surface area contributed by atoms with Crippen LogP contribution in [0, 0.1) is 14.3 Å². The lowest BCUT2D eigenvalue weighted by atomic mass is 10.1. The van der Waals surface area contributed by atoms with Gasteiger partial charge < -0.3 is 14.9 Å². The first kappa shape index (κ1) is 20.2. The van der Waals surface area contributed by atoms with Gasteiger partial charge in [-0.2, -0.15) is 0 Å². The smallest absolute Gasteiger partial charge is 0.154 e. The number of ether oxygens (including phenoxy) is 1. The van der Waals surface area contributed by atoms with Crippen molar-refractivity contribution >= 4 is 90.4 Å². The third-order valence-electron chi connectivity index (χ3n) is 3.14. The number of rotatable bonds is 6. The second-order valence-electron chi connectivity index (χ2n) is 4.91. The minimum Gasteiger partial charge on any atom is -0.506 e. The maximum absolute atomic E-state index is 9.85. The van der Waals surface area contributed by atoms with Gasteiger partial charge in [-0.3, -0.25) is 0 Å². The Morgan fingerprint density at radius 3 is 1.91 bits per heavy atom. The molecule has 0 unspecified atom stereocenters. The van der Waals surface area contributed by atoms with Crippen molar-refractivity contribution in [2.75, 3.05) is 6.61 Å². The molecule has 0 radical (unpaired) electrons. The van der Waals surface area contributed by atoms with Crippen LogP contribution in [-0.2, 0) is 6.42 Å². The fourth-order valence-electron chi connectivity index (χ4n) is 2.01. The second kappa shape index (κ2) is 9.57. The first-order valence-corrected chi connectivity index (χ1v) is 11.2. The molecule has 0 amide bonds. The molecule has 0 heterocycles. The average Bonchev–Trinajstić information content (AvgIpc) is 2.49. The van der Waals surface area contributed by atoms with E-state index in [-0.39, 0.29) is 6.61 Å². The molecule has 23 heavy (non-hydrogen) atoms. The summed E-state index contributed by atoms with van der Waals surface area (Å²) in [5.74, 6) is 1.86. The average molecular weight is 762 g/mol. The molecule has 2 aromatic rings. The van der Waals surface area contributed by atoms with Crippen LogP contribution < -0.4 is 4.74 Å². The molecule has 0 saturated carbocycles. The summed E-state index contributed by atoms with van der Waals surface area (Å²) >= 11 is 8.78. The van der Waals surface area contributed by atoms with Gasteiger partial charge in [0.15, 0.2) is 5.75 Å². The van der Waals surface area contributed by atoms with Crippen LogP contribution >= 0.6 is 90.4 Å². The molecule has 0 fully saturated rings. The summed E-state index contributed by atoms with van der Waals surface area (Å²) < 4.78 is 9.73. The number of hydrogen-bond acceptors (Lipinski definition) is 3. The van der Waals surface area contributed by atoms with Crippen LogP contribution in [0.4, 0.5) is 0 Å². The monoisotopic (exact) mass is 762 g/mol. The molecule has 0 atom stereocenters. The van der Waals surface area contributed by atoms with Gasteiger partial charge in [0, 0.05) is 6.61 Å². The van der Waals surface area contributed by atoms with E-state index in [1.165, 1.54) is 5.56 Å². The van der Waals surface area contributed by atoms with Crippen LogP contribution in [0.3, 0.4) is 0 Å². The van der Waals surface area contributed by atoms with Gasteiger partial charge in [0.1, 0.15) is 11.5 Å². The number of aliphatic hydroxyl groups excluding tert-OH is 1. The van der Waals surface area contributed by atoms with Crippen molar-refractivity contribution in [1.82, 2.24) is 0 Å². The highest BCUT2D eigenvalue weighted by Crippen LogP contribution is 2.36. The number of aliphatic hydroxyl groups is 1. The van der Waals surface area contributed by atoms with Crippen molar-refractivity contribution in [1.29, 1.82) is 0 Å². The van der Waals surface area contributed by atoms with Gasteiger partial charge in [0.25, 0.3) is 0 Å². The Morgan fingerprint density at radius 1 is 0.826 bits per heavy atom. The summed E-state index contributed by atoms with van der Waals surface area (Å²) in [7, 11) is 0. The van der Waals surface area contributed by atoms with Gasteiger partial charge >= 0.3 is 0 Å². The zero-order valence-corrected chi connectivity index (χ0v) is 20.6. The molecule has 2 rings (SSSR count). The summed E-state index contributed by atoms with van der Waals surface area (Å²) in [6.07, 6.45) is 2.77. The molecule has 0 spiro atoms. The minimum absolute atomic E-state index is 0.244. The fraction of sp³-hybridized carbons (Fsp3) is 0.250. The van der Waals surface area contributed by atoms with Gasteiger partial charge in [-0.25, -0.2) is 0 Å². The zero-order chi connectivity index (χ0) is 17.0. The minimum atomic E-state index is 0.244. The summed E-state index contributed by atoms with van der Waals surface area (Å²) in [4.78, 5) is 0. The van der Waals surface area contributed by atoms with Gasteiger partial charge in [0.05, 0.1) is 14.3 Å². The molecule has 124 valence electrons. The van der Waals surface area contributed by atoms with Crippen LogP contribution in [0.1, 0.15) is 18.4 Å². The summed E-state index contributed by atoms with van der Waals surface area (Å²) in [6.45, 7) is 0.244. The van der Waals surface area contributed by atoms with Gasteiger partial charge in [0.2, 0.25) is 0 Å². The van der Waals surface area contributed by atoms with Crippen molar-refractivity contribution in [2.24, 2.45) is 0 Å². The fourth-order valence-corrected chi connectivity index (χ4v) is 5.84. The zero-order valence-electron chi connectivity index (χ0n) is 12.0.